The Morgan fingerprint density at radius 3 is 2.71 bits per heavy atom. The molecule has 1 amide bonds. The molecule has 3 aromatic rings. The second kappa shape index (κ2) is 8.75. The minimum atomic E-state index is -0.0757. The van der Waals surface area contributed by atoms with Gasteiger partial charge in [0, 0.05) is 29.4 Å². The quantitative estimate of drug-likeness (QED) is 0.453. The zero-order chi connectivity index (χ0) is 19.3. The maximum atomic E-state index is 12.2. The van der Waals surface area contributed by atoms with Gasteiger partial charge < -0.3 is 10.2 Å². The highest BCUT2D eigenvalue weighted by molar-refractivity contribution is 9.10. The second-order valence-electron chi connectivity index (χ2n) is 6.48. The number of benzene rings is 2. The minimum absolute atomic E-state index is 0.0757. The third-order valence-corrected chi connectivity index (χ3v) is 5.92. The molecular formula is C21H19BrN4OS. The Bertz CT molecular complexity index is 980. The number of halogens is 1. The summed E-state index contributed by atoms with van der Waals surface area (Å²) in [7, 11) is 0. The van der Waals surface area contributed by atoms with Crippen LogP contribution in [0.1, 0.15) is 11.1 Å². The fourth-order valence-corrected chi connectivity index (χ4v) is 4.02. The molecule has 2 aromatic carbocycles. The Morgan fingerprint density at radius 2 is 1.89 bits per heavy atom. The predicted octanol–water partition coefficient (Wildman–Crippen LogP) is 4.53. The monoisotopic (exact) mass is 454 g/mol. The molecule has 4 rings (SSSR count). The van der Waals surface area contributed by atoms with Gasteiger partial charge in [-0.15, -0.1) is 0 Å². The molecule has 5 nitrogen and oxygen atoms in total. The SMILES string of the molecule is O=C(CSc1nccc(N2CCc3ccccc3C2)n1)Nc1ccc(Br)cc1. The van der Waals surface area contributed by atoms with Gasteiger partial charge in [0.25, 0.3) is 0 Å². The summed E-state index contributed by atoms with van der Waals surface area (Å²) in [6, 6.07) is 18.0. The Labute approximate surface area is 176 Å². The van der Waals surface area contributed by atoms with Gasteiger partial charge in [0.1, 0.15) is 5.82 Å². The highest BCUT2D eigenvalue weighted by Crippen LogP contribution is 2.24. The number of anilines is 2. The van der Waals surface area contributed by atoms with Crippen molar-refractivity contribution in [2.45, 2.75) is 18.1 Å². The van der Waals surface area contributed by atoms with Gasteiger partial charge in [-0.05, 0) is 47.9 Å². The van der Waals surface area contributed by atoms with E-state index in [0.29, 0.717) is 5.16 Å². The number of aromatic nitrogens is 2. The summed E-state index contributed by atoms with van der Waals surface area (Å²) >= 11 is 4.73. The molecule has 1 N–H and O–H groups in total. The topological polar surface area (TPSA) is 58.1 Å². The Hall–Kier alpha value is -2.38. The van der Waals surface area contributed by atoms with E-state index in [1.54, 1.807) is 6.20 Å². The molecular weight excluding hydrogens is 436 g/mol. The Morgan fingerprint density at radius 1 is 1.11 bits per heavy atom. The van der Waals surface area contributed by atoms with E-state index in [2.05, 4.69) is 60.4 Å². The molecule has 1 aliphatic heterocycles. The lowest BCUT2D eigenvalue weighted by molar-refractivity contribution is -0.113. The molecule has 0 saturated heterocycles. The fraction of sp³-hybridized carbons (Fsp3) is 0.190. The number of amides is 1. The van der Waals surface area contributed by atoms with Gasteiger partial charge in [-0.3, -0.25) is 4.79 Å². The van der Waals surface area contributed by atoms with Crippen LogP contribution in [0.4, 0.5) is 11.5 Å². The van der Waals surface area contributed by atoms with Crippen LogP contribution in [0.2, 0.25) is 0 Å². The van der Waals surface area contributed by atoms with Crippen molar-refractivity contribution in [2.24, 2.45) is 0 Å². The van der Waals surface area contributed by atoms with Crippen molar-refractivity contribution in [3.8, 4) is 0 Å². The van der Waals surface area contributed by atoms with Gasteiger partial charge >= 0.3 is 0 Å². The van der Waals surface area contributed by atoms with E-state index in [0.717, 1.165) is 35.5 Å². The molecule has 0 spiro atoms. The number of carbonyl (C=O) groups is 1. The molecule has 0 unspecified atom stereocenters. The summed E-state index contributed by atoms with van der Waals surface area (Å²) in [5, 5.41) is 3.50. The molecule has 7 heteroatoms. The van der Waals surface area contributed by atoms with E-state index >= 15 is 0 Å². The van der Waals surface area contributed by atoms with Crippen LogP contribution in [0.15, 0.2) is 70.4 Å². The second-order valence-corrected chi connectivity index (χ2v) is 8.34. The standard InChI is InChI=1S/C21H19BrN4OS/c22-17-5-7-18(8-6-17)24-20(27)14-28-21-23-11-9-19(25-21)26-12-10-15-3-1-2-4-16(15)13-26/h1-9,11H,10,12-14H2,(H,24,27). The van der Waals surface area contributed by atoms with E-state index in [9.17, 15) is 4.79 Å². The summed E-state index contributed by atoms with van der Waals surface area (Å²) in [6.45, 7) is 1.78. The lowest BCUT2D eigenvalue weighted by atomic mass is 10.00. The summed E-state index contributed by atoms with van der Waals surface area (Å²) in [4.78, 5) is 23.4. The Kier molecular flexibility index (Phi) is 5.92. The molecule has 2 heterocycles. The van der Waals surface area contributed by atoms with Gasteiger partial charge in [0.2, 0.25) is 5.91 Å². The van der Waals surface area contributed by atoms with E-state index in [-0.39, 0.29) is 11.7 Å². The first-order chi connectivity index (χ1) is 13.7. The summed E-state index contributed by atoms with van der Waals surface area (Å²) in [5.41, 5.74) is 3.53. The smallest absolute Gasteiger partial charge is 0.234 e. The normalized spacial score (nSPS) is 13.1. The first kappa shape index (κ1) is 19.0. The van der Waals surface area contributed by atoms with Gasteiger partial charge in [0.05, 0.1) is 5.75 Å². The van der Waals surface area contributed by atoms with Crippen molar-refractivity contribution in [3.05, 3.63) is 76.4 Å². The average Bonchev–Trinajstić information content (AvgIpc) is 2.74. The van der Waals surface area contributed by atoms with Crippen LogP contribution in [0.3, 0.4) is 0 Å². The maximum Gasteiger partial charge on any atom is 0.234 e. The minimum Gasteiger partial charge on any atom is -0.352 e. The van der Waals surface area contributed by atoms with E-state index in [1.165, 1.54) is 22.9 Å². The van der Waals surface area contributed by atoms with Crippen LogP contribution in [0, 0.1) is 0 Å². The number of rotatable bonds is 5. The number of nitrogens with one attached hydrogen (secondary N) is 1. The van der Waals surface area contributed by atoms with Crippen LogP contribution in [-0.2, 0) is 17.8 Å². The number of nitrogens with zero attached hydrogens (tertiary/aromatic N) is 3. The van der Waals surface area contributed by atoms with Gasteiger partial charge in [-0.25, -0.2) is 9.97 Å². The molecule has 142 valence electrons. The molecule has 0 radical (unpaired) electrons. The average molecular weight is 455 g/mol. The summed E-state index contributed by atoms with van der Waals surface area (Å²) in [6.07, 6.45) is 2.77. The highest BCUT2D eigenvalue weighted by Gasteiger charge is 2.17. The predicted molar refractivity (Wildman–Crippen MR) is 117 cm³/mol. The van der Waals surface area contributed by atoms with Crippen LogP contribution < -0.4 is 10.2 Å². The largest absolute Gasteiger partial charge is 0.352 e. The number of hydrogen-bond donors (Lipinski definition) is 1. The van der Waals surface area contributed by atoms with Crippen molar-refractivity contribution in [1.82, 2.24) is 9.97 Å². The van der Waals surface area contributed by atoms with Gasteiger partial charge in [-0.1, -0.05) is 52.0 Å². The lowest BCUT2D eigenvalue weighted by Crippen LogP contribution is -2.31. The maximum absolute atomic E-state index is 12.2. The fourth-order valence-electron chi connectivity index (χ4n) is 3.13. The van der Waals surface area contributed by atoms with Crippen molar-refractivity contribution in [1.29, 1.82) is 0 Å². The van der Waals surface area contributed by atoms with Crippen molar-refractivity contribution < 1.29 is 4.79 Å². The zero-order valence-corrected chi connectivity index (χ0v) is 17.5. The van der Waals surface area contributed by atoms with E-state index in [1.807, 2.05) is 30.3 Å². The van der Waals surface area contributed by atoms with Gasteiger partial charge in [-0.2, -0.15) is 0 Å². The summed E-state index contributed by atoms with van der Waals surface area (Å²) in [5.74, 6) is 1.09. The molecule has 28 heavy (non-hydrogen) atoms. The van der Waals surface area contributed by atoms with Gasteiger partial charge in [0.15, 0.2) is 5.16 Å². The summed E-state index contributed by atoms with van der Waals surface area (Å²) < 4.78 is 0.977. The van der Waals surface area contributed by atoms with Crippen molar-refractivity contribution in [2.75, 3.05) is 22.5 Å². The number of hydrogen-bond acceptors (Lipinski definition) is 5. The van der Waals surface area contributed by atoms with Crippen LogP contribution in [-0.4, -0.2) is 28.2 Å². The van der Waals surface area contributed by atoms with Crippen molar-refractivity contribution >= 4 is 45.1 Å². The Balaban J connectivity index is 1.36. The number of thioether (sulfide) groups is 1. The molecule has 0 saturated carbocycles. The zero-order valence-electron chi connectivity index (χ0n) is 15.1. The van der Waals surface area contributed by atoms with Crippen molar-refractivity contribution in [3.63, 3.8) is 0 Å². The molecule has 0 bridgehead atoms. The molecule has 0 atom stereocenters. The third-order valence-electron chi connectivity index (χ3n) is 4.53. The van der Waals surface area contributed by atoms with Crippen LogP contribution in [0.25, 0.3) is 0 Å². The lowest BCUT2D eigenvalue weighted by Gasteiger charge is -2.29. The highest BCUT2D eigenvalue weighted by atomic mass is 79.9. The molecule has 0 fully saturated rings. The number of carbonyl (C=O) groups excluding carboxylic acids is 1. The molecule has 1 aliphatic rings. The third kappa shape index (κ3) is 4.72. The molecule has 1 aromatic heterocycles. The first-order valence-electron chi connectivity index (χ1n) is 9.00. The van der Waals surface area contributed by atoms with E-state index < -0.39 is 0 Å². The first-order valence-corrected chi connectivity index (χ1v) is 10.8. The van der Waals surface area contributed by atoms with E-state index in [4.69, 9.17) is 0 Å². The molecule has 0 aliphatic carbocycles. The van der Waals surface area contributed by atoms with Crippen LogP contribution >= 0.6 is 27.7 Å². The van der Waals surface area contributed by atoms with Crippen LogP contribution in [0.5, 0.6) is 0 Å². The number of fused-ring (bicyclic) bond motifs is 1.